The van der Waals surface area contributed by atoms with Gasteiger partial charge in [0.1, 0.15) is 0 Å². The Morgan fingerprint density at radius 1 is 0.800 bits per heavy atom. The summed E-state index contributed by atoms with van der Waals surface area (Å²) in [5.74, 6) is 0.349. The van der Waals surface area contributed by atoms with Crippen molar-refractivity contribution in [3.8, 4) is 0 Å². The quantitative estimate of drug-likeness (QED) is 0.446. The van der Waals surface area contributed by atoms with Gasteiger partial charge in [-0.1, -0.05) is 0 Å². The summed E-state index contributed by atoms with van der Waals surface area (Å²) in [7, 11) is -8.87. The van der Waals surface area contributed by atoms with Gasteiger partial charge in [0, 0.05) is 11.6 Å². The number of hydrogen-bond acceptors (Lipinski definition) is 2. The van der Waals surface area contributed by atoms with Gasteiger partial charge in [0.05, 0.1) is 0 Å². The van der Waals surface area contributed by atoms with Crippen molar-refractivity contribution < 1.29 is 28.7 Å². The molecular formula is C2H6O6P2. The van der Waals surface area contributed by atoms with E-state index in [9.17, 15) is 9.13 Å². The highest BCUT2D eigenvalue weighted by Crippen LogP contribution is 2.44. The zero-order valence-corrected chi connectivity index (χ0v) is 6.44. The standard InChI is InChI=1S/C2H6O6P2/c3-9(4,5)1-2-10(6,7)8/h1-2H,(H2,3,4,5)(H2,6,7,8). The molecule has 0 atom stereocenters. The van der Waals surface area contributed by atoms with Crippen LogP contribution in [0.1, 0.15) is 0 Å². The third-order valence-corrected chi connectivity index (χ3v) is 1.77. The maximum Gasteiger partial charge on any atom is 0.349 e. The number of hydrogen-bond donors (Lipinski definition) is 4. The van der Waals surface area contributed by atoms with Crippen molar-refractivity contribution in [1.29, 1.82) is 0 Å². The molecule has 0 aliphatic rings. The molecule has 0 aromatic carbocycles. The molecule has 0 aromatic rings. The highest BCUT2D eigenvalue weighted by atomic mass is 31.2. The Labute approximate surface area is 56.5 Å². The van der Waals surface area contributed by atoms with Crippen LogP contribution in [0.4, 0.5) is 0 Å². The summed E-state index contributed by atoms with van der Waals surface area (Å²) in [4.78, 5) is 32.2. The van der Waals surface area contributed by atoms with Gasteiger partial charge in [0.2, 0.25) is 0 Å². The summed E-state index contributed by atoms with van der Waals surface area (Å²) in [5.41, 5.74) is 0. The first kappa shape index (κ1) is 10.0. The van der Waals surface area contributed by atoms with Gasteiger partial charge in [-0.05, 0) is 0 Å². The summed E-state index contributed by atoms with van der Waals surface area (Å²) in [6, 6.07) is 0. The van der Waals surface area contributed by atoms with E-state index >= 15 is 0 Å². The third kappa shape index (κ3) is 8.04. The lowest BCUT2D eigenvalue weighted by Gasteiger charge is -1.95. The fraction of sp³-hybridized carbons (Fsp3) is 0. The molecule has 0 aromatic heterocycles. The van der Waals surface area contributed by atoms with E-state index in [0.29, 0.717) is 0 Å². The molecule has 0 aliphatic carbocycles. The molecule has 0 spiro atoms. The molecule has 0 aliphatic heterocycles. The fourth-order valence-corrected chi connectivity index (χ4v) is 1.56. The third-order valence-electron chi connectivity index (χ3n) is 0.455. The average molecular weight is 188 g/mol. The van der Waals surface area contributed by atoms with E-state index in [-0.39, 0.29) is 11.6 Å². The van der Waals surface area contributed by atoms with Crippen LogP contribution in [0.15, 0.2) is 11.6 Å². The molecule has 8 heteroatoms. The van der Waals surface area contributed by atoms with Crippen LogP contribution in [0.3, 0.4) is 0 Å². The molecule has 0 heterocycles. The van der Waals surface area contributed by atoms with E-state index in [2.05, 4.69) is 0 Å². The smallest absolute Gasteiger partial charge is 0.321 e. The Balaban J connectivity index is 4.31. The predicted octanol–water partition coefficient (Wildman–Crippen LogP) is -0.187. The lowest BCUT2D eigenvalue weighted by molar-refractivity contribution is 0.379. The first-order valence-corrected chi connectivity index (χ1v) is 5.38. The van der Waals surface area contributed by atoms with Crippen LogP contribution in [-0.4, -0.2) is 19.6 Å². The van der Waals surface area contributed by atoms with Crippen molar-refractivity contribution in [2.75, 3.05) is 0 Å². The van der Waals surface area contributed by atoms with Gasteiger partial charge >= 0.3 is 15.2 Å². The predicted molar refractivity (Wildman–Crippen MR) is 33.2 cm³/mol. The van der Waals surface area contributed by atoms with Crippen LogP contribution in [-0.2, 0) is 9.13 Å². The average Bonchev–Trinajstić information content (AvgIpc) is 1.57. The van der Waals surface area contributed by atoms with Crippen molar-refractivity contribution >= 4 is 15.2 Å². The van der Waals surface area contributed by atoms with Gasteiger partial charge in [-0.2, -0.15) is 0 Å². The van der Waals surface area contributed by atoms with E-state index in [4.69, 9.17) is 19.6 Å². The molecule has 0 fully saturated rings. The van der Waals surface area contributed by atoms with Gasteiger partial charge in [0.15, 0.2) is 0 Å². The molecule has 10 heavy (non-hydrogen) atoms. The van der Waals surface area contributed by atoms with Crippen molar-refractivity contribution in [3.63, 3.8) is 0 Å². The summed E-state index contributed by atoms with van der Waals surface area (Å²) < 4.78 is 19.9. The lowest BCUT2D eigenvalue weighted by Crippen LogP contribution is -1.71. The lowest BCUT2D eigenvalue weighted by atomic mass is 11.3. The molecular weight excluding hydrogens is 182 g/mol. The normalized spacial score (nSPS) is 14.4. The first-order chi connectivity index (χ1) is 4.21. The second-order valence-corrected chi connectivity index (χ2v) is 4.43. The number of rotatable bonds is 2. The molecule has 4 N–H and O–H groups in total. The van der Waals surface area contributed by atoms with Crippen molar-refractivity contribution in [2.45, 2.75) is 0 Å². The minimum absolute atomic E-state index is 0.174. The Bertz CT molecular complexity index is 194. The van der Waals surface area contributed by atoms with E-state index in [1.165, 1.54) is 0 Å². The Hall–Kier alpha value is 0.0400. The topological polar surface area (TPSA) is 115 Å². The van der Waals surface area contributed by atoms with E-state index < -0.39 is 15.2 Å². The van der Waals surface area contributed by atoms with Crippen LogP contribution in [0, 0.1) is 0 Å². The van der Waals surface area contributed by atoms with Crippen LogP contribution in [0.25, 0.3) is 0 Å². The molecule has 60 valence electrons. The molecule has 0 radical (unpaired) electrons. The summed E-state index contributed by atoms with van der Waals surface area (Å²) >= 11 is 0. The SMILES string of the molecule is O=P(O)(O)C=CP(=O)(O)O. The second-order valence-electron chi connectivity index (χ2n) is 1.48. The Morgan fingerprint density at radius 2 is 1.00 bits per heavy atom. The molecule has 6 nitrogen and oxygen atoms in total. The zero-order valence-electron chi connectivity index (χ0n) is 4.65. The van der Waals surface area contributed by atoms with Gasteiger partial charge < -0.3 is 19.6 Å². The van der Waals surface area contributed by atoms with Gasteiger partial charge in [-0.25, -0.2) is 0 Å². The molecule has 0 saturated carbocycles. The molecule has 0 bridgehead atoms. The van der Waals surface area contributed by atoms with Crippen LogP contribution in [0.2, 0.25) is 0 Å². The Morgan fingerprint density at radius 3 is 1.10 bits per heavy atom. The van der Waals surface area contributed by atoms with Gasteiger partial charge in [-0.15, -0.1) is 0 Å². The van der Waals surface area contributed by atoms with Crippen LogP contribution in [0.5, 0.6) is 0 Å². The monoisotopic (exact) mass is 188 g/mol. The highest BCUT2D eigenvalue weighted by Gasteiger charge is 2.12. The van der Waals surface area contributed by atoms with E-state index in [1.807, 2.05) is 0 Å². The minimum Gasteiger partial charge on any atom is -0.321 e. The van der Waals surface area contributed by atoms with Crippen LogP contribution >= 0.6 is 15.2 Å². The first-order valence-electron chi connectivity index (χ1n) is 2.01. The van der Waals surface area contributed by atoms with Gasteiger partial charge in [-0.3, -0.25) is 9.13 Å². The second kappa shape index (κ2) is 2.96. The van der Waals surface area contributed by atoms with Crippen molar-refractivity contribution in [3.05, 3.63) is 11.6 Å². The maximum atomic E-state index is 9.94. The highest BCUT2D eigenvalue weighted by molar-refractivity contribution is 7.59. The largest absolute Gasteiger partial charge is 0.349 e. The summed E-state index contributed by atoms with van der Waals surface area (Å²) in [6.45, 7) is 0. The summed E-state index contributed by atoms with van der Waals surface area (Å²) in [6.07, 6.45) is 0. The summed E-state index contributed by atoms with van der Waals surface area (Å²) in [5, 5.41) is 0. The maximum absolute atomic E-state index is 9.94. The fourth-order valence-electron chi connectivity index (χ4n) is 0.174. The van der Waals surface area contributed by atoms with E-state index in [0.717, 1.165) is 0 Å². The van der Waals surface area contributed by atoms with Crippen molar-refractivity contribution in [1.82, 2.24) is 0 Å². The zero-order chi connectivity index (χ0) is 8.41. The van der Waals surface area contributed by atoms with Crippen molar-refractivity contribution in [2.24, 2.45) is 0 Å². The molecule has 0 saturated heterocycles. The van der Waals surface area contributed by atoms with Gasteiger partial charge in [0.25, 0.3) is 0 Å². The van der Waals surface area contributed by atoms with E-state index in [1.54, 1.807) is 0 Å². The molecule has 0 amide bonds. The molecule has 0 rings (SSSR count). The van der Waals surface area contributed by atoms with Crippen LogP contribution < -0.4 is 0 Å². The minimum atomic E-state index is -4.43. The molecule has 0 unspecified atom stereocenters. The Kier molecular flexibility index (Phi) is 2.98.